The van der Waals surface area contributed by atoms with E-state index in [4.69, 9.17) is 0 Å². The van der Waals surface area contributed by atoms with Crippen molar-refractivity contribution in [2.24, 2.45) is 0 Å². The highest BCUT2D eigenvalue weighted by Gasteiger charge is 2.38. The van der Waals surface area contributed by atoms with Crippen molar-refractivity contribution >= 4 is 5.91 Å². The van der Waals surface area contributed by atoms with Crippen LogP contribution in [0, 0.1) is 6.92 Å². The van der Waals surface area contributed by atoms with Gasteiger partial charge in [-0.3, -0.25) is 4.79 Å². The third kappa shape index (κ3) is 1.56. The lowest BCUT2D eigenvalue weighted by molar-refractivity contribution is -0.138. The number of hydrogen-bond acceptors (Lipinski definition) is 1. The van der Waals surface area contributed by atoms with Gasteiger partial charge in [-0.2, -0.15) is 13.2 Å². The number of alkyl halides is 3. The Morgan fingerprint density at radius 3 is 2.50 bits per heavy atom. The van der Waals surface area contributed by atoms with E-state index < -0.39 is 11.7 Å². The standard InChI is InChI=1S/C11H10F3NO/c1-6-3-7-8(5-15(2)10(7)16)9(4-6)11(12,13)14/h3-4H,5H2,1-2H3. The van der Waals surface area contributed by atoms with E-state index in [9.17, 15) is 18.0 Å². The molecule has 2 rings (SSSR count). The summed E-state index contributed by atoms with van der Waals surface area (Å²) in [5.74, 6) is -0.343. The Balaban J connectivity index is 2.67. The van der Waals surface area contributed by atoms with Gasteiger partial charge in [0.2, 0.25) is 0 Å². The molecule has 16 heavy (non-hydrogen) atoms. The topological polar surface area (TPSA) is 20.3 Å². The predicted molar refractivity (Wildman–Crippen MR) is 52.0 cm³/mol. The number of benzene rings is 1. The monoisotopic (exact) mass is 229 g/mol. The molecule has 0 fully saturated rings. The SMILES string of the molecule is Cc1cc2c(c(C(F)(F)F)c1)CN(C)C2=O. The fraction of sp³-hybridized carbons (Fsp3) is 0.364. The predicted octanol–water partition coefficient (Wildman–Crippen LogP) is 2.60. The van der Waals surface area contributed by atoms with Crippen molar-refractivity contribution in [3.05, 3.63) is 34.4 Å². The number of carbonyl (C=O) groups is 1. The van der Waals surface area contributed by atoms with Gasteiger partial charge in [0.15, 0.2) is 0 Å². The molecule has 2 nitrogen and oxygen atoms in total. The Kier molecular flexibility index (Phi) is 2.22. The van der Waals surface area contributed by atoms with Gasteiger partial charge < -0.3 is 4.90 Å². The molecule has 0 N–H and O–H groups in total. The number of fused-ring (bicyclic) bond motifs is 1. The van der Waals surface area contributed by atoms with Gasteiger partial charge in [-0.25, -0.2) is 0 Å². The van der Waals surface area contributed by atoms with Crippen LogP contribution in [0.4, 0.5) is 13.2 Å². The summed E-state index contributed by atoms with van der Waals surface area (Å²) in [7, 11) is 1.50. The van der Waals surface area contributed by atoms with Crippen LogP contribution in [0.5, 0.6) is 0 Å². The van der Waals surface area contributed by atoms with E-state index in [2.05, 4.69) is 0 Å². The number of amides is 1. The molecule has 0 atom stereocenters. The summed E-state index contributed by atoms with van der Waals surface area (Å²) < 4.78 is 38.2. The van der Waals surface area contributed by atoms with E-state index in [1.807, 2.05) is 0 Å². The van der Waals surface area contributed by atoms with E-state index in [0.29, 0.717) is 5.56 Å². The molecule has 0 unspecified atom stereocenters. The fourth-order valence-electron chi connectivity index (χ4n) is 1.95. The minimum absolute atomic E-state index is 0.0310. The highest BCUT2D eigenvalue weighted by Crippen LogP contribution is 2.37. The number of aryl methyl sites for hydroxylation is 1. The van der Waals surface area contributed by atoms with Crippen LogP contribution in [0.1, 0.15) is 27.0 Å². The van der Waals surface area contributed by atoms with E-state index in [1.54, 1.807) is 6.92 Å². The van der Waals surface area contributed by atoms with Crippen LogP contribution in [0.15, 0.2) is 12.1 Å². The zero-order valence-electron chi connectivity index (χ0n) is 8.85. The third-order valence-corrected chi connectivity index (χ3v) is 2.67. The Bertz CT molecular complexity index is 465. The first kappa shape index (κ1) is 11.0. The summed E-state index contributed by atoms with van der Waals surface area (Å²) in [6, 6.07) is 2.60. The molecular formula is C11H10F3NO. The highest BCUT2D eigenvalue weighted by atomic mass is 19.4. The second-order valence-electron chi connectivity index (χ2n) is 4.00. The summed E-state index contributed by atoms with van der Waals surface area (Å²) in [6.45, 7) is 1.59. The highest BCUT2D eigenvalue weighted by molar-refractivity contribution is 5.98. The molecule has 1 heterocycles. The normalized spacial score (nSPS) is 15.6. The molecule has 0 aromatic heterocycles. The lowest BCUT2D eigenvalue weighted by Gasteiger charge is -2.12. The Labute approximate surface area is 90.7 Å². The summed E-state index contributed by atoms with van der Waals surface area (Å²) in [5.41, 5.74) is 0.0235. The summed E-state index contributed by atoms with van der Waals surface area (Å²) in [6.07, 6.45) is -4.40. The van der Waals surface area contributed by atoms with Crippen molar-refractivity contribution in [3.8, 4) is 0 Å². The molecule has 86 valence electrons. The molecule has 1 aromatic carbocycles. The van der Waals surface area contributed by atoms with Gasteiger partial charge in [-0.05, 0) is 30.2 Å². The number of nitrogens with zero attached hydrogens (tertiary/aromatic N) is 1. The molecule has 0 aliphatic carbocycles. The zero-order valence-corrected chi connectivity index (χ0v) is 8.85. The second kappa shape index (κ2) is 3.23. The molecule has 1 aliphatic rings. The van der Waals surface area contributed by atoms with Gasteiger partial charge in [0, 0.05) is 19.2 Å². The number of halogens is 3. The van der Waals surface area contributed by atoms with Crippen molar-refractivity contribution in [1.29, 1.82) is 0 Å². The molecule has 1 aliphatic heterocycles. The van der Waals surface area contributed by atoms with Crippen LogP contribution >= 0.6 is 0 Å². The van der Waals surface area contributed by atoms with Crippen molar-refractivity contribution in [2.75, 3.05) is 7.05 Å². The quantitative estimate of drug-likeness (QED) is 0.669. The average molecular weight is 229 g/mol. The van der Waals surface area contributed by atoms with E-state index >= 15 is 0 Å². The van der Waals surface area contributed by atoms with E-state index in [-0.39, 0.29) is 23.6 Å². The largest absolute Gasteiger partial charge is 0.416 e. The molecule has 0 bridgehead atoms. The molecule has 1 amide bonds. The number of carbonyl (C=O) groups excluding carboxylic acids is 1. The first-order chi connectivity index (χ1) is 7.30. The van der Waals surface area contributed by atoms with Gasteiger partial charge in [-0.15, -0.1) is 0 Å². The molecular weight excluding hydrogens is 219 g/mol. The number of rotatable bonds is 0. The summed E-state index contributed by atoms with van der Waals surface area (Å²) in [4.78, 5) is 12.9. The van der Waals surface area contributed by atoms with Crippen LogP contribution in [0.3, 0.4) is 0 Å². The first-order valence-corrected chi connectivity index (χ1v) is 4.77. The number of hydrogen-bond donors (Lipinski definition) is 0. The van der Waals surface area contributed by atoms with Gasteiger partial charge in [0.25, 0.3) is 5.91 Å². The minimum Gasteiger partial charge on any atom is -0.337 e. The van der Waals surface area contributed by atoms with E-state index in [0.717, 1.165) is 6.07 Å². The van der Waals surface area contributed by atoms with Crippen molar-refractivity contribution in [3.63, 3.8) is 0 Å². The van der Waals surface area contributed by atoms with Gasteiger partial charge in [0.1, 0.15) is 0 Å². The molecule has 0 saturated heterocycles. The Morgan fingerprint density at radius 2 is 1.94 bits per heavy atom. The minimum atomic E-state index is -4.40. The van der Waals surface area contributed by atoms with Crippen molar-refractivity contribution in [2.45, 2.75) is 19.6 Å². The second-order valence-corrected chi connectivity index (χ2v) is 4.00. The van der Waals surface area contributed by atoms with Crippen LogP contribution in [0.2, 0.25) is 0 Å². The summed E-state index contributed by atoms with van der Waals surface area (Å²) in [5, 5.41) is 0. The van der Waals surface area contributed by atoms with Crippen LogP contribution in [-0.2, 0) is 12.7 Å². The Morgan fingerprint density at radius 1 is 1.31 bits per heavy atom. The summed E-state index contributed by atoms with van der Waals surface area (Å²) >= 11 is 0. The average Bonchev–Trinajstić information content (AvgIpc) is 2.42. The third-order valence-electron chi connectivity index (χ3n) is 2.67. The zero-order chi connectivity index (χ0) is 12.1. The lowest BCUT2D eigenvalue weighted by Crippen LogP contribution is -2.17. The maximum absolute atomic E-state index is 12.7. The fourth-order valence-corrected chi connectivity index (χ4v) is 1.95. The smallest absolute Gasteiger partial charge is 0.337 e. The van der Waals surface area contributed by atoms with Crippen LogP contribution < -0.4 is 0 Å². The maximum atomic E-state index is 12.7. The van der Waals surface area contributed by atoms with Gasteiger partial charge in [-0.1, -0.05) is 0 Å². The molecule has 5 heteroatoms. The Hall–Kier alpha value is -1.52. The lowest BCUT2D eigenvalue weighted by atomic mass is 9.99. The van der Waals surface area contributed by atoms with E-state index in [1.165, 1.54) is 18.0 Å². The molecule has 0 radical (unpaired) electrons. The molecule has 0 saturated carbocycles. The van der Waals surface area contributed by atoms with Crippen LogP contribution in [0.25, 0.3) is 0 Å². The van der Waals surface area contributed by atoms with Gasteiger partial charge in [0.05, 0.1) is 5.56 Å². The van der Waals surface area contributed by atoms with Crippen LogP contribution in [-0.4, -0.2) is 17.9 Å². The molecule has 0 spiro atoms. The maximum Gasteiger partial charge on any atom is 0.416 e. The van der Waals surface area contributed by atoms with Crippen molar-refractivity contribution in [1.82, 2.24) is 4.90 Å². The van der Waals surface area contributed by atoms with Crippen molar-refractivity contribution < 1.29 is 18.0 Å². The molecule has 1 aromatic rings. The first-order valence-electron chi connectivity index (χ1n) is 4.77. The van der Waals surface area contributed by atoms with Gasteiger partial charge >= 0.3 is 6.18 Å².